The fraction of sp³-hybridized carbons (Fsp3) is 0.0690. The number of rotatable bonds is 8. The Kier molecular flexibility index (Phi) is 6.80. The second-order valence-corrected chi connectivity index (χ2v) is 8.06. The van der Waals surface area contributed by atoms with Crippen molar-refractivity contribution in [2.75, 3.05) is 24.9 Å². The van der Waals surface area contributed by atoms with Gasteiger partial charge in [-0.2, -0.15) is 4.98 Å². The average Bonchev–Trinajstić information content (AvgIpc) is 2.93. The van der Waals surface area contributed by atoms with Crippen molar-refractivity contribution in [2.24, 2.45) is 0 Å². The van der Waals surface area contributed by atoms with Crippen LogP contribution in [0.25, 0.3) is 10.8 Å². The summed E-state index contributed by atoms with van der Waals surface area (Å²) in [5.41, 5.74) is 2.03. The number of benzene rings is 4. The molecule has 8 heteroatoms. The number of nitrogens with one attached hydrogen (secondary N) is 2. The number of anilines is 3. The molecule has 0 spiro atoms. The summed E-state index contributed by atoms with van der Waals surface area (Å²) in [6, 6.07) is 27.6. The third kappa shape index (κ3) is 5.59. The van der Waals surface area contributed by atoms with Crippen LogP contribution >= 0.6 is 0 Å². The third-order valence-corrected chi connectivity index (χ3v) is 5.59. The third-order valence-electron chi connectivity index (χ3n) is 5.59. The number of para-hydroxylation sites is 1. The number of hydrogen-bond acceptors (Lipinski definition) is 7. The molecule has 5 rings (SSSR count). The van der Waals surface area contributed by atoms with E-state index in [1.54, 1.807) is 38.6 Å². The van der Waals surface area contributed by atoms with Crippen molar-refractivity contribution in [1.29, 1.82) is 0 Å². The Bertz CT molecular complexity index is 1530. The van der Waals surface area contributed by atoms with Gasteiger partial charge in [0.25, 0.3) is 5.91 Å². The molecule has 1 aromatic heterocycles. The van der Waals surface area contributed by atoms with Crippen LogP contribution in [0.1, 0.15) is 10.4 Å². The zero-order valence-corrected chi connectivity index (χ0v) is 20.3. The van der Waals surface area contributed by atoms with E-state index >= 15 is 0 Å². The van der Waals surface area contributed by atoms with E-state index in [-0.39, 0.29) is 5.91 Å². The predicted octanol–water partition coefficient (Wildman–Crippen LogP) is 6.44. The fourth-order valence-corrected chi connectivity index (χ4v) is 3.83. The summed E-state index contributed by atoms with van der Waals surface area (Å²) >= 11 is 0. The van der Waals surface area contributed by atoms with Crippen molar-refractivity contribution >= 4 is 34.0 Å². The van der Waals surface area contributed by atoms with Crippen LogP contribution in [0.2, 0.25) is 0 Å². The lowest BCUT2D eigenvalue weighted by Gasteiger charge is -2.11. The number of hydrogen-bond donors (Lipinski definition) is 2. The monoisotopic (exact) mass is 492 g/mol. The molecule has 1 heterocycles. The van der Waals surface area contributed by atoms with E-state index in [9.17, 15) is 4.79 Å². The van der Waals surface area contributed by atoms with Gasteiger partial charge in [0.15, 0.2) is 0 Å². The van der Waals surface area contributed by atoms with Crippen LogP contribution in [0, 0.1) is 0 Å². The van der Waals surface area contributed by atoms with Gasteiger partial charge in [0.1, 0.15) is 17.2 Å². The van der Waals surface area contributed by atoms with Gasteiger partial charge in [-0.25, -0.2) is 4.98 Å². The van der Waals surface area contributed by atoms with Gasteiger partial charge >= 0.3 is 0 Å². The van der Waals surface area contributed by atoms with Crippen LogP contribution in [0.15, 0.2) is 97.2 Å². The summed E-state index contributed by atoms with van der Waals surface area (Å²) in [4.78, 5) is 21.6. The zero-order chi connectivity index (χ0) is 25.6. The van der Waals surface area contributed by atoms with E-state index in [0.29, 0.717) is 40.3 Å². The Morgan fingerprint density at radius 2 is 1.54 bits per heavy atom. The summed E-state index contributed by atoms with van der Waals surface area (Å²) in [6.45, 7) is 0. The van der Waals surface area contributed by atoms with Crippen molar-refractivity contribution in [3.8, 4) is 23.1 Å². The lowest BCUT2D eigenvalue weighted by atomic mass is 10.0. The molecule has 2 N–H and O–H groups in total. The van der Waals surface area contributed by atoms with Crippen molar-refractivity contribution < 1.29 is 19.0 Å². The van der Waals surface area contributed by atoms with Gasteiger partial charge in [-0.15, -0.1) is 0 Å². The molecule has 37 heavy (non-hydrogen) atoms. The number of carbonyl (C=O) groups is 1. The Hall–Kier alpha value is -5.11. The number of fused-ring (bicyclic) bond motifs is 1. The van der Waals surface area contributed by atoms with Gasteiger partial charge in [-0.3, -0.25) is 4.79 Å². The highest BCUT2D eigenvalue weighted by atomic mass is 16.5. The predicted molar refractivity (Wildman–Crippen MR) is 143 cm³/mol. The Morgan fingerprint density at radius 3 is 2.30 bits per heavy atom. The molecule has 0 unspecified atom stereocenters. The van der Waals surface area contributed by atoms with Gasteiger partial charge in [0, 0.05) is 47.4 Å². The van der Waals surface area contributed by atoms with Crippen LogP contribution in [0.5, 0.6) is 23.1 Å². The van der Waals surface area contributed by atoms with Crippen molar-refractivity contribution in [3.63, 3.8) is 0 Å². The van der Waals surface area contributed by atoms with E-state index < -0.39 is 0 Å². The molecule has 5 aromatic rings. The summed E-state index contributed by atoms with van der Waals surface area (Å²) in [6.07, 6.45) is 1.61. The van der Waals surface area contributed by atoms with Crippen molar-refractivity contribution in [3.05, 3.63) is 103 Å². The number of aromatic nitrogens is 2. The lowest BCUT2D eigenvalue weighted by Crippen LogP contribution is -2.12. The Morgan fingerprint density at radius 1 is 0.757 bits per heavy atom. The van der Waals surface area contributed by atoms with E-state index in [4.69, 9.17) is 14.2 Å². The van der Waals surface area contributed by atoms with Gasteiger partial charge in [-0.05, 0) is 47.2 Å². The summed E-state index contributed by atoms with van der Waals surface area (Å²) in [5, 5.41) is 7.77. The number of nitrogens with zero attached hydrogens (tertiary/aromatic N) is 2. The SMILES string of the molecule is COc1cc(Nc2nccc(Oc3ccc4c(C(=O)Nc5ccccc5)cccc4c3)n2)cc(OC)c1. The maximum absolute atomic E-state index is 12.9. The largest absolute Gasteiger partial charge is 0.497 e. The molecule has 0 aliphatic heterocycles. The number of carbonyl (C=O) groups excluding carboxylic acids is 1. The molecule has 8 nitrogen and oxygen atoms in total. The highest BCUT2D eigenvalue weighted by Crippen LogP contribution is 2.29. The number of methoxy groups -OCH3 is 2. The van der Waals surface area contributed by atoms with Crippen LogP contribution in [-0.4, -0.2) is 30.1 Å². The molecule has 184 valence electrons. The molecule has 0 aliphatic carbocycles. The first-order valence-corrected chi connectivity index (χ1v) is 11.5. The topological polar surface area (TPSA) is 94.6 Å². The van der Waals surface area contributed by atoms with Crippen LogP contribution in [0.4, 0.5) is 17.3 Å². The van der Waals surface area contributed by atoms with Gasteiger partial charge in [0.2, 0.25) is 11.8 Å². The fourth-order valence-electron chi connectivity index (χ4n) is 3.83. The molecule has 0 atom stereocenters. The molecule has 4 aromatic carbocycles. The molecule has 1 amide bonds. The first kappa shape index (κ1) is 23.6. The quantitative estimate of drug-likeness (QED) is 0.258. The minimum absolute atomic E-state index is 0.175. The molecule has 0 fully saturated rings. The highest BCUT2D eigenvalue weighted by Gasteiger charge is 2.12. The van der Waals surface area contributed by atoms with Crippen molar-refractivity contribution in [2.45, 2.75) is 0 Å². The molecular weight excluding hydrogens is 468 g/mol. The van der Waals surface area contributed by atoms with Gasteiger partial charge < -0.3 is 24.8 Å². The summed E-state index contributed by atoms with van der Waals surface area (Å²) in [5.74, 6) is 2.41. The van der Waals surface area contributed by atoms with Crippen LogP contribution in [-0.2, 0) is 0 Å². The summed E-state index contributed by atoms with van der Waals surface area (Å²) < 4.78 is 16.6. The smallest absolute Gasteiger partial charge is 0.256 e. The average molecular weight is 493 g/mol. The first-order chi connectivity index (χ1) is 18.1. The molecule has 0 bridgehead atoms. The maximum atomic E-state index is 12.9. The van der Waals surface area contributed by atoms with E-state index in [1.807, 2.05) is 72.8 Å². The van der Waals surface area contributed by atoms with Gasteiger partial charge in [0.05, 0.1) is 14.2 Å². The summed E-state index contributed by atoms with van der Waals surface area (Å²) in [7, 11) is 3.18. The maximum Gasteiger partial charge on any atom is 0.256 e. The second kappa shape index (κ2) is 10.7. The minimum Gasteiger partial charge on any atom is -0.497 e. The van der Waals surface area contributed by atoms with E-state index in [1.165, 1.54) is 0 Å². The second-order valence-electron chi connectivity index (χ2n) is 8.06. The molecule has 0 saturated heterocycles. The number of amides is 1. The standard InChI is InChI=1S/C29H24N4O4/c1-35-23-16-21(17-24(18-23)36-2)32-29-30-14-13-27(33-29)37-22-11-12-25-19(15-22)7-6-10-26(25)28(34)31-20-8-4-3-5-9-20/h3-18H,1-2H3,(H,31,34)(H,30,32,33). The molecule has 0 saturated carbocycles. The molecule has 0 radical (unpaired) electrons. The van der Waals surface area contributed by atoms with E-state index in [2.05, 4.69) is 20.6 Å². The van der Waals surface area contributed by atoms with Crippen LogP contribution in [0.3, 0.4) is 0 Å². The van der Waals surface area contributed by atoms with Crippen LogP contribution < -0.4 is 24.8 Å². The van der Waals surface area contributed by atoms with Gasteiger partial charge in [-0.1, -0.05) is 30.3 Å². The Balaban J connectivity index is 1.35. The lowest BCUT2D eigenvalue weighted by molar-refractivity contribution is 0.102. The zero-order valence-electron chi connectivity index (χ0n) is 20.3. The number of ether oxygens (including phenoxy) is 3. The first-order valence-electron chi connectivity index (χ1n) is 11.5. The van der Waals surface area contributed by atoms with Crippen molar-refractivity contribution in [1.82, 2.24) is 9.97 Å². The molecule has 0 aliphatic rings. The molecular formula is C29H24N4O4. The normalized spacial score (nSPS) is 10.5. The minimum atomic E-state index is -0.175. The highest BCUT2D eigenvalue weighted by molar-refractivity contribution is 6.13. The van der Waals surface area contributed by atoms with E-state index in [0.717, 1.165) is 16.5 Å². The Labute approximate surface area is 213 Å².